The summed E-state index contributed by atoms with van der Waals surface area (Å²) in [5, 5.41) is 12.7. The summed E-state index contributed by atoms with van der Waals surface area (Å²) in [7, 11) is 0. The summed E-state index contributed by atoms with van der Waals surface area (Å²) in [4.78, 5) is 27.4. The van der Waals surface area contributed by atoms with Crippen LogP contribution in [0.1, 0.15) is 45.4 Å². The van der Waals surface area contributed by atoms with E-state index in [0.29, 0.717) is 19.1 Å². The number of amides is 3. The van der Waals surface area contributed by atoms with Crippen molar-refractivity contribution in [3.63, 3.8) is 0 Å². The first-order chi connectivity index (χ1) is 10.00. The van der Waals surface area contributed by atoms with Crippen LogP contribution in [0.5, 0.6) is 0 Å². The van der Waals surface area contributed by atoms with Crippen LogP contribution in [-0.2, 0) is 4.79 Å². The molecule has 118 valence electrons. The Morgan fingerprint density at radius 3 is 2.71 bits per heavy atom. The number of piperidine rings is 1. The molecule has 6 heteroatoms. The van der Waals surface area contributed by atoms with Gasteiger partial charge in [0.15, 0.2) is 6.67 Å². The summed E-state index contributed by atoms with van der Waals surface area (Å²) >= 11 is 0. The van der Waals surface area contributed by atoms with Crippen molar-refractivity contribution in [2.45, 2.75) is 57.1 Å². The first-order valence-electron chi connectivity index (χ1n) is 8.16. The average Bonchev–Trinajstić information content (AvgIpc) is 2.67. The van der Waals surface area contributed by atoms with Gasteiger partial charge in [-0.25, -0.2) is 9.69 Å². The number of carbonyl (C=O) groups is 2. The van der Waals surface area contributed by atoms with Crippen LogP contribution < -0.4 is 10.2 Å². The Balaban J connectivity index is 1.66. The van der Waals surface area contributed by atoms with Gasteiger partial charge in [-0.2, -0.15) is 0 Å². The molecule has 1 unspecified atom stereocenters. The monoisotopic (exact) mass is 296 g/mol. The average molecular weight is 296 g/mol. The molecular formula is C15H26N3O3+. The molecule has 21 heavy (non-hydrogen) atoms. The second-order valence-corrected chi connectivity index (χ2v) is 7.09. The minimum Gasteiger partial charge on any atom is -0.387 e. The highest BCUT2D eigenvalue weighted by Gasteiger charge is 2.53. The highest BCUT2D eigenvalue weighted by Crippen LogP contribution is 2.35. The summed E-state index contributed by atoms with van der Waals surface area (Å²) in [6.45, 7) is 4.13. The predicted octanol–water partition coefficient (Wildman–Crippen LogP) is -0.516. The van der Waals surface area contributed by atoms with E-state index in [0.717, 1.165) is 50.0 Å². The van der Waals surface area contributed by atoms with E-state index in [1.807, 2.05) is 0 Å². The molecule has 3 fully saturated rings. The van der Waals surface area contributed by atoms with Crippen molar-refractivity contribution < 1.29 is 19.6 Å². The zero-order valence-electron chi connectivity index (χ0n) is 12.7. The van der Waals surface area contributed by atoms with Crippen molar-refractivity contribution in [2.24, 2.45) is 5.92 Å². The third kappa shape index (κ3) is 2.79. The maximum absolute atomic E-state index is 12.7. The van der Waals surface area contributed by atoms with Crippen molar-refractivity contribution in [2.75, 3.05) is 19.8 Å². The van der Waals surface area contributed by atoms with Crippen LogP contribution in [0.2, 0.25) is 0 Å². The lowest BCUT2D eigenvalue weighted by molar-refractivity contribution is -0.915. The van der Waals surface area contributed by atoms with E-state index in [-0.39, 0.29) is 18.0 Å². The van der Waals surface area contributed by atoms with Crippen molar-refractivity contribution in [3.05, 3.63) is 0 Å². The Kier molecular flexibility index (Phi) is 3.92. The lowest BCUT2D eigenvalue weighted by atomic mass is 9.77. The summed E-state index contributed by atoms with van der Waals surface area (Å²) in [6, 6.07) is -0.248. The molecule has 1 saturated carbocycles. The molecule has 0 aromatic carbocycles. The normalized spacial score (nSPS) is 40.7. The summed E-state index contributed by atoms with van der Waals surface area (Å²) < 4.78 is 0. The van der Waals surface area contributed by atoms with Crippen LogP contribution in [0.4, 0.5) is 4.79 Å². The van der Waals surface area contributed by atoms with E-state index in [2.05, 4.69) is 12.2 Å². The Morgan fingerprint density at radius 1 is 1.33 bits per heavy atom. The molecule has 0 aromatic rings. The number of nitrogens with one attached hydrogen (secondary N) is 2. The first kappa shape index (κ1) is 14.8. The Labute approximate surface area is 125 Å². The smallest absolute Gasteiger partial charge is 0.329 e. The van der Waals surface area contributed by atoms with Gasteiger partial charge in [0.25, 0.3) is 5.91 Å². The molecule has 6 nitrogen and oxygen atoms in total. The van der Waals surface area contributed by atoms with Crippen LogP contribution in [0, 0.1) is 5.92 Å². The number of hydrogen-bond donors (Lipinski definition) is 3. The van der Waals surface area contributed by atoms with E-state index in [9.17, 15) is 14.7 Å². The molecule has 2 saturated heterocycles. The van der Waals surface area contributed by atoms with Gasteiger partial charge >= 0.3 is 6.03 Å². The minimum atomic E-state index is -0.641. The van der Waals surface area contributed by atoms with Crippen LogP contribution in [-0.4, -0.2) is 53.3 Å². The van der Waals surface area contributed by atoms with Crippen LogP contribution in [0.25, 0.3) is 0 Å². The zero-order chi connectivity index (χ0) is 15.0. The molecular weight excluding hydrogens is 270 g/mol. The van der Waals surface area contributed by atoms with Crippen molar-refractivity contribution in [3.8, 4) is 0 Å². The standard InChI is InChI=1S/C15H25N3O3/c1-11-4-6-15(7-5-11)13(20)18(14(21)16-15)10-17-8-2-3-12(19)9-17/h11-12,19H,2-10H2,1H3,(H,16,21)/p+1/t11?,12-,15?/m0/s1. The third-order valence-electron chi connectivity index (χ3n) is 5.35. The van der Waals surface area contributed by atoms with Gasteiger partial charge in [-0.05, 0) is 44.4 Å². The molecule has 3 rings (SSSR count). The number of imide groups is 1. The highest BCUT2D eigenvalue weighted by atomic mass is 16.3. The SMILES string of the molecule is CC1CCC2(CC1)NC(=O)N(C[NH+]1CCC[C@H](O)C1)C2=O. The lowest BCUT2D eigenvalue weighted by Gasteiger charge is -2.34. The number of quaternary nitrogens is 1. The molecule has 2 heterocycles. The van der Waals surface area contributed by atoms with E-state index in [4.69, 9.17) is 0 Å². The van der Waals surface area contributed by atoms with Gasteiger partial charge in [-0.3, -0.25) is 4.79 Å². The number of likely N-dealkylation sites (tertiary alicyclic amines) is 1. The van der Waals surface area contributed by atoms with Crippen LogP contribution >= 0.6 is 0 Å². The summed E-state index contributed by atoms with van der Waals surface area (Å²) in [5.74, 6) is 0.587. The fourth-order valence-corrected chi connectivity index (χ4v) is 3.91. The summed E-state index contributed by atoms with van der Waals surface area (Å²) in [6.07, 6.45) is 4.97. The summed E-state index contributed by atoms with van der Waals surface area (Å²) in [5.41, 5.74) is -0.641. The number of carbonyl (C=O) groups excluding carboxylic acids is 2. The van der Waals surface area contributed by atoms with Gasteiger partial charge < -0.3 is 15.3 Å². The van der Waals surface area contributed by atoms with Gasteiger partial charge in [0.05, 0.1) is 6.54 Å². The number of aliphatic hydroxyl groups excluding tert-OH is 1. The fraction of sp³-hybridized carbons (Fsp3) is 0.867. The number of urea groups is 1. The second-order valence-electron chi connectivity index (χ2n) is 7.09. The Bertz CT molecular complexity index is 432. The molecule has 0 radical (unpaired) electrons. The number of aliphatic hydroxyl groups is 1. The number of hydrogen-bond acceptors (Lipinski definition) is 3. The second kappa shape index (κ2) is 5.57. The molecule has 1 aliphatic carbocycles. The van der Waals surface area contributed by atoms with Gasteiger partial charge in [-0.15, -0.1) is 0 Å². The molecule has 2 aliphatic heterocycles. The fourth-order valence-electron chi connectivity index (χ4n) is 3.91. The minimum absolute atomic E-state index is 0.0491. The Hall–Kier alpha value is -1.14. The van der Waals surface area contributed by atoms with Crippen LogP contribution in [0.15, 0.2) is 0 Å². The molecule has 2 atom stereocenters. The quantitative estimate of drug-likeness (QED) is 0.601. The first-order valence-corrected chi connectivity index (χ1v) is 8.16. The molecule has 3 N–H and O–H groups in total. The predicted molar refractivity (Wildman–Crippen MR) is 76.5 cm³/mol. The van der Waals surface area contributed by atoms with Crippen LogP contribution in [0.3, 0.4) is 0 Å². The highest BCUT2D eigenvalue weighted by molar-refractivity contribution is 6.06. The molecule has 3 amide bonds. The van der Waals surface area contributed by atoms with Crippen molar-refractivity contribution in [1.82, 2.24) is 10.2 Å². The molecule has 1 spiro atoms. The van der Waals surface area contributed by atoms with E-state index >= 15 is 0 Å². The lowest BCUT2D eigenvalue weighted by Crippen LogP contribution is -3.15. The number of nitrogens with zero attached hydrogens (tertiary/aromatic N) is 1. The molecule has 0 aromatic heterocycles. The van der Waals surface area contributed by atoms with E-state index in [1.54, 1.807) is 0 Å². The number of rotatable bonds is 2. The third-order valence-corrected chi connectivity index (χ3v) is 5.35. The maximum Gasteiger partial charge on any atom is 0.329 e. The topological polar surface area (TPSA) is 74.1 Å². The molecule has 3 aliphatic rings. The molecule has 0 bridgehead atoms. The van der Waals surface area contributed by atoms with Gasteiger partial charge in [-0.1, -0.05) is 6.92 Å². The van der Waals surface area contributed by atoms with E-state index < -0.39 is 5.54 Å². The van der Waals surface area contributed by atoms with Crippen molar-refractivity contribution >= 4 is 11.9 Å². The largest absolute Gasteiger partial charge is 0.387 e. The van der Waals surface area contributed by atoms with Crippen molar-refractivity contribution in [1.29, 1.82) is 0 Å². The maximum atomic E-state index is 12.7. The van der Waals surface area contributed by atoms with Gasteiger partial charge in [0, 0.05) is 0 Å². The van der Waals surface area contributed by atoms with Gasteiger partial charge in [0.1, 0.15) is 18.2 Å². The zero-order valence-corrected chi connectivity index (χ0v) is 12.7. The van der Waals surface area contributed by atoms with Gasteiger partial charge in [0.2, 0.25) is 0 Å². The Morgan fingerprint density at radius 2 is 2.05 bits per heavy atom. The van der Waals surface area contributed by atoms with E-state index in [1.165, 1.54) is 4.90 Å².